The van der Waals surface area contributed by atoms with E-state index in [2.05, 4.69) is 13.8 Å². The largest absolute Gasteiger partial charge is 0.330 e. The van der Waals surface area contributed by atoms with E-state index in [0.717, 1.165) is 18.4 Å². The van der Waals surface area contributed by atoms with Crippen molar-refractivity contribution >= 4 is 11.8 Å². The van der Waals surface area contributed by atoms with Crippen molar-refractivity contribution in [1.29, 1.82) is 0 Å². The minimum atomic E-state index is -0.164. The highest BCUT2D eigenvalue weighted by molar-refractivity contribution is 6.09. The van der Waals surface area contributed by atoms with Crippen molar-refractivity contribution in [2.24, 2.45) is 11.1 Å². The molecule has 0 fully saturated rings. The van der Waals surface area contributed by atoms with Gasteiger partial charge in [0.25, 0.3) is 5.91 Å². The van der Waals surface area contributed by atoms with Gasteiger partial charge in [0.05, 0.1) is 6.42 Å². The van der Waals surface area contributed by atoms with E-state index >= 15 is 0 Å². The molecule has 2 N–H and O–H groups in total. The van der Waals surface area contributed by atoms with Crippen molar-refractivity contribution in [3.63, 3.8) is 0 Å². The van der Waals surface area contributed by atoms with Gasteiger partial charge in [0.15, 0.2) is 0 Å². The van der Waals surface area contributed by atoms with Gasteiger partial charge in [-0.15, -0.1) is 0 Å². The van der Waals surface area contributed by atoms with Crippen LogP contribution < -0.4 is 5.73 Å². The molecule has 0 aromatic heterocycles. The molecule has 1 aliphatic heterocycles. The van der Waals surface area contributed by atoms with E-state index < -0.39 is 0 Å². The average Bonchev–Trinajstić information content (AvgIpc) is 2.42. The first-order valence-corrected chi connectivity index (χ1v) is 7.07. The van der Waals surface area contributed by atoms with Crippen LogP contribution >= 0.6 is 0 Å². The number of nitrogens with zero attached hydrogens (tertiary/aromatic N) is 1. The van der Waals surface area contributed by atoms with Crippen LogP contribution in [-0.4, -0.2) is 29.8 Å². The summed E-state index contributed by atoms with van der Waals surface area (Å²) in [4.78, 5) is 25.8. The van der Waals surface area contributed by atoms with Gasteiger partial charge in [-0.2, -0.15) is 0 Å². The minimum Gasteiger partial charge on any atom is -0.330 e. The third-order valence-electron chi connectivity index (χ3n) is 3.92. The van der Waals surface area contributed by atoms with Crippen LogP contribution in [0.25, 0.3) is 0 Å². The standard InChI is InChI=1S/C16H22N2O2/c1-16(2,11-17)8-5-9-18-14(19)10-12-6-3-4-7-13(12)15(18)20/h3-4,6-7H,5,8-11,17H2,1-2H3. The highest BCUT2D eigenvalue weighted by Gasteiger charge is 2.30. The maximum Gasteiger partial charge on any atom is 0.260 e. The van der Waals surface area contributed by atoms with Gasteiger partial charge in [-0.3, -0.25) is 14.5 Å². The maximum atomic E-state index is 12.3. The number of imide groups is 1. The molecule has 1 aromatic rings. The molecule has 0 unspecified atom stereocenters. The van der Waals surface area contributed by atoms with Crippen LogP contribution in [0.4, 0.5) is 0 Å². The van der Waals surface area contributed by atoms with Crippen LogP contribution in [0, 0.1) is 5.41 Å². The lowest BCUT2D eigenvalue weighted by Crippen LogP contribution is -2.43. The zero-order chi connectivity index (χ0) is 14.8. The Bertz CT molecular complexity index is 523. The monoisotopic (exact) mass is 274 g/mol. The highest BCUT2D eigenvalue weighted by Crippen LogP contribution is 2.23. The van der Waals surface area contributed by atoms with Crippen molar-refractivity contribution in [2.75, 3.05) is 13.1 Å². The number of amides is 2. The van der Waals surface area contributed by atoms with E-state index in [9.17, 15) is 9.59 Å². The number of fused-ring (bicyclic) bond motifs is 1. The number of carbonyl (C=O) groups is 2. The summed E-state index contributed by atoms with van der Waals surface area (Å²) in [7, 11) is 0. The minimum absolute atomic E-state index is 0.0553. The number of nitrogens with two attached hydrogens (primary N) is 1. The van der Waals surface area contributed by atoms with E-state index in [1.54, 1.807) is 6.07 Å². The van der Waals surface area contributed by atoms with E-state index in [1.807, 2.05) is 18.2 Å². The third-order valence-corrected chi connectivity index (χ3v) is 3.92. The van der Waals surface area contributed by atoms with Gasteiger partial charge >= 0.3 is 0 Å². The summed E-state index contributed by atoms with van der Waals surface area (Å²) >= 11 is 0. The number of rotatable bonds is 5. The fraction of sp³-hybridized carbons (Fsp3) is 0.500. The molecule has 4 heteroatoms. The molecule has 0 spiro atoms. The quantitative estimate of drug-likeness (QED) is 0.835. The molecule has 20 heavy (non-hydrogen) atoms. The lowest BCUT2D eigenvalue weighted by Gasteiger charge is -2.28. The molecule has 0 aliphatic carbocycles. The van der Waals surface area contributed by atoms with Gasteiger partial charge in [-0.25, -0.2) is 0 Å². The van der Waals surface area contributed by atoms with E-state index in [1.165, 1.54) is 4.90 Å². The second kappa shape index (κ2) is 5.75. The Balaban J connectivity index is 2.03. The lowest BCUT2D eigenvalue weighted by molar-refractivity contribution is -0.128. The number of benzene rings is 1. The predicted molar refractivity (Wildman–Crippen MR) is 78.3 cm³/mol. The lowest BCUT2D eigenvalue weighted by atomic mass is 9.88. The highest BCUT2D eigenvalue weighted by atomic mass is 16.2. The van der Waals surface area contributed by atoms with Gasteiger partial charge in [0, 0.05) is 12.1 Å². The molecule has 0 bridgehead atoms. The summed E-state index contributed by atoms with van der Waals surface area (Å²) in [5, 5.41) is 0. The Kier molecular flexibility index (Phi) is 4.23. The zero-order valence-electron chi connectivity index (χ0n) is 12.2. The summed E-state index contributed by atoms with van der Waals surface area (Å²) in [5.74, 6) is -0.262. The molecule has 2 amide bonds. The first-order chi connectivity index (χ1) is 9.44. The molecule has 0 radical (unpaired) electrons. The molecular formula is C16H22N2O2. The molecule has 4 nitrogen and oxygen atoms in total. The second-order valence-electron chi connectivity index (χ2n) is 6.16. The topological polar surface area (TPSA) is 63.4 Å². The second-order valence-corrected chi connectivity index (χ2v) is 6.16. The first-order valence-electron chi connectivity index (χ1n) is 7.07. The number of hydrogen-bond donors (Lipinski definition) is 1. The summed E-state index contributed by atoms with van der Waals surface area (Å²) in [6.07, 6.45) is 2.02. The van der Waals surface area contributed by atoms with Crippen LogP contribution in [0.2, 0.25) is 0 Å². The van der Waals surface area contributed by atoms with Crippen molar-refractivity contribution < 1.29 is 9.59 Å². The molecular weight excluding hydrogens is 252 g/mol. The Morgan fingerprint density at radius 1 is 1.25 bits per heavy atom. The molecule has 2 rings (SSSR count). The molecule has 0 atom stereocenters. The molecule has 1 heterocycles. The fourth-order valence-corrected chi connectivity index (χ4v) is 2.44. The van der Waals surface area contributed by atoms with Crippen molar-refractivity contribution in [2.45, 2.75) is 33.1 Å². The first kappa shape index (κ1) is 14.7. The van der Waals surface area contributed by atoms with Crippen LogP contribution in [-0.2, 0) is 11.2 Å². The van der Waals surface area contributed by atoms with Gasteiger partial charge in [0.1, 0.15) is 0 Å². The molecule has 1 aliphatic rings. The van der Waals surface area contributed by atoms with Crippen molar-refractivity contribution in [3.8, 4) is 0 Å². The smallest absolute Gasteiger partial charge is 0.260 e. The summed E-state index contributed by atoms with van der Waals surface area (Å²) in [5.41, 5.74) is 7.24. The van der Waals surface area contributed by atoms with Crippen LogP contribution in [0.1, 0.15) is 42.6 Å². The Morgan fingerprint density at radius 2 is 1.95 bits per heavy atom. The van der Waals surface area contributed by atoms with Crippen LogP contribution in [0.15, 0.2) is 24.3 Å². The third kappa shape index (κ3) is 3.07. The molecule has 0 saturated carbocycles. The zero-order valence-corrected chi connectivity index (χ0v) is 12.2. The molecule has 108 valence electrons. The Hall–Kier alpha value is -1.68. The molecule has 0 saturated heterocycles. The van der Waals surface area contributed by atoms with Gasteiger partial charge in [-0.1, -0.05) is 32.0 Å². The van der Waals surface area contributed by atoms with E-state index in [0.29, 0.717) is 25.1 Å². The van der Waals surface area contributed by atoms with Crippen molar-refractivity contribution in [1.82, 2.24) is 4.90 Å². The van der Waals surface area contributed by atoms with Crippen LogP contribution in [0.5, 0.6) is 0 Å². The predicted octanol–water partition coefficient (Wildman–Crippen LogP) is 1.98. The molecule has 1 aromatic carbocycles. The van der Waals surface area contributed by atoms with Gasteiger partial charge in [0.2, 0.25) is 5.91 Å². The summed E-state index contributed by atoms with van der Waals surface area (Å²) in [6.45, 7) is 5.29. The fourth-order valence-electron chi connectivity index (χ4n) is 2.44. The van der Waals surface area contributed by atoms with Gasteiger partial charge < -0.3 is 5.73 Å². The van der Waals surface area contributed by atoms with Crippen LogP contribution in [0.3, 0.4) is 0 Å². The normalized spacial score (nSPS) is 15.4. The number of carbonyl (C=O) groups excluding carboxylic acids is 2. The summed E-state index contributed by atoms with van der Waals surface area (Å²) < 4.78 is 0. The summed E-state index contributed by atoms with van der Waals surface area (Å²) in [6, 6.07) is 7.34. The average molecular weight is 274 g/mol. The van der Waals surface area contributed by atoms with E-state index in [4.69, 9.17) is 5.73 Å². The van der Waals surface area contributed by atoms with Crippen molar-refractivity contribution in [3.05, 3.63) is 35.4 Å². The van der Waals surface area contributed by atoms with Gasteiger partial charge in [-0.05, 0) is 36.4 Å². The number of hydrogen-bond acceptors (Lipinski definition) is 3. The maximum absolute atomic E-state index is 12.3. The Labute approximate surface area is 119 Å². The Morgan fingerprint density at radius 3 is 2.65 bits per heavy atom. The SMILES string of the molecule is CC(C)(CN)CCCN1C(=O)Cc2ccccc2C1=O. The van der Waals surface area contributed by atoms with E-state index in [-0.39, 0.29) is 17.2 Å².